The summed E-state index contributed by atoms with van der Waals surface area (Å²) in [6.07, 6.45) is 10.7. The van der Waals surface area contributed by atoms with Gasteiger partial charge >= 0.3 is 0 Å². The van der Waals surface area contributed by atoms with Crippen LogP contribution in [0.15, 0.2) is 0 Å². The standard InChI is InChI=1S/C15H31NO2/c1-2-3-11-17-13-14-18-12-10-16-15-8-6-4-5-7-9-15/h15-16H,2-14H2,1H3. The minimum absolute atomic E-state index is 0.732. The second-order valence-corrected chi connectivity index (χ2v) is 5.22. The quantitative estimate of drug-likeness (QED) is 0.482. The van der Waals surface area contributed by atoms with Crippen LogP contribution >= 0.6 is 0 Å². The highest BCUT2D eigenvalue weighted by molar-refractivity contribution is 4.70. The molecule has 0 aliphatic heterocycles. The van der Waals surface area contributed by atoms with Crippen LogP contribution in [0.1, 0.15) is 58.3 Å². The van der Waals surface area contributed by atoms with Gasteiger partial charge < -0.3 is 14.8 Å². The van der Waals surface area contributed by atoms with E-state index in [1.54, 1.807) is 0 Å². The maximum atomic E-state index is 5.55. The van der Waals surface area contributed by atoms with Gasteiger partial charge in [-0.25, -0.2) is 0 Å². The highest BCUT2D eigenvalue weighted by Gasteiger charge is 2.10. The Morgan fingerprint density at radius 3 is 2.22 bits per heavy atom. The van der Waals surface area contributed by atoms with Gasteiger partial charge in [-0.05, 0) is 19.3 Å². The lowest BCUT2D eigenvalue weighted by molar-refractivity contribution is 0.0470. The van der Waals surface area contributed by atoms with E-state index in [-0.39, 0.29) is 0 Å². The van der Waals surface area contributed by atoms with E-state index in [1.165, 1.54) is 44.9 Å². The van der Waals surface area contributed by atoms with Gasteiger partial charge in [0.15, 0.2) is 0 Å². The van der Waals surface area contributed by atoms with Crippen LogP contribution in [0.2, 0.25) is 0 Å². The Bertz CT molecular complexity index is 168. The average molecular weight is 257 g/mol. The van der Waals surface area contributed by atoms with Crippen molar-refractivity contribution in [3.63, 3.8) is 0 Å². The molecule has 1 rings (SSSR count). The van der Waals surface area contributed by atoms with Crippen LogP contribution in [0.4, 0.5) is 0 Å². The predicted octanol–water partition coefficient (Wildman–Crippen LogP) is 3.13. The number of hydrogen-bond acceptors (Lipinski definition) is 3. The van der Waals surface area contributed by atoms with Crippen LogP contribution in [-0.4, -0.2) is 39.0 Å². The minimum atomic E-state index is 0.732. The molecule has 0 atom stereocenters. The number of nitrogens with one attached hydrogen (secondary N) is 1. The molecule has 0 aromatic heterocycles. The first-order valence-corrected chi connectivity index (χ1v) is 7.82. The number of unbranched alkanes of at least 4 members (excludes halogenated alkanes) is 1. The molecule has 1 N–H and O–H groups in total. The Hall–Kier alpha value is -0.120. The van der Waals surface area contributed by atoms with E-state index in [0.717, 1.165) is 45.4 Å². The molecule has 1 saturated carbocycles. The van der Waals surface area contributed by atoms with Crippen molar-refractivity contribution in [2.24, 2.45) is 0 Å². The summed E-state index contributed by atoms with van der Waals surface area (Å²) >= 11 is 0. The smallest absolute Gasteiger partial charge is 0.0701 e. The number of ether oxygens (including phenoxy) is 2. The maximum Gasteiger partial charge on any atom is 0.0701 e. The largest absolute Gasteiger partial charge is 0.379 e. The zero-order chi connectivity index (χ0) is 12.9. The third-order valence-corrected chi connectivity index (χ3v) is 3.55. The molecule has 0 aromatic rings. The molecule has 1 aliphatic carbocycles. The highest BCUT2D eigenvalue weighted by atomic mass is 16.5. The first-order chi connectivity index (χ1) is 8.93. The van der Waals surface area contributed by atoms with Crippen molar-refractivity contribution in [2.45, 2.75) is 64.3 Å². The van der Waals surface area contributed by atoms with E-state index in [9.17, 15) is 0 Å². The zero-order valence-corrected chi connectivity index (χ0v) is 12.1. The van der Waals surface area contributed by atoms with E-state index in [1.807, 2.05) is 0 Å². The fourth-order valence-corrected chi connectivity index (χ4v) is 2.39. The Morgan fingerprint density at radius 2 is 1.56 bits per heavy atom. The normalized spacial score (nSPS) is 17.8. The van der Waals surface area contributed by atoms with Gasteiger partial charge in [0.05, 0.1) is 19.8 Å². The van der Waals surface area contributed by atoms with Crippen molar-refractivity contribution in [3.05, 3.63) is 0 Å². The molecule has 3 heteroatoms. The topological polar surface area (TPSA) is 30.5 Å². The average Bonchev–Trinajstić information content (AvgIpc) is 2.65. The molecule has 0 saturated heterocycles. The highest BCUT2D eigenvalue weighted by Crippen LogP contribution is 2.16. The molecule has 108 valence electrons. The van der Waals surface area contributed by atoms with E-state index < -0.39 is 0 Å². The lowest BCUT2D eigenvalue weighted by atomic mass is 10.1. The van der Waals surface area contributed by atoms with Gasteiger partial charge in [0, 0.05) is 19.2 Å². The summed E-state index contributed by atoms with van der Waals surface area (Å²) in [5, 5.41) is 3.61. The number of rotatable bonds is 10. The van der Waals surface area contributed by atoms with Gasteiger partial charge in [0.25, 0.3) is 0 Å². The van der Waals surface area contributed by atoms with Gasteiger partial charge in [-0.1, -0.05) is 39.0 Å². The molecule has 0 radical (unpaired) electrons. The third kappa shape index (κ3) is 8.90. The molecule has 0 aromatic carbocycles. The molecule has 0 bridgehead atoms. The summed E-state index contributed by atoms with van der Waals surface area (Å²) in [5.74, 6) is 0. The monoisotopic (exact) mass is 257 g/mol. The number of hydrogen-bond donors (Lipinski definition) is 1. The second kappa shape index (κ2) is 11.9. The third-order valence-electron chi connectivity index (χ3n) is 3.55. The summed E-state index contributed by atoms with van der Waals surface area (Å²) < 4.78 is 11.0. The lowest BCUT2D eigenvalue weighted by Gasteiger charge is -2.16. The van der Waals surface area contributed by atoms with Crippen LogP contribution in [-0.2, 0) is 9.47 Å². The van der Waals surface area contributed by atoms with Crippen molar-refractivity contribution >= 4 is 0 Å². The van der Waals surface area contributed by atoms with Crippen molar-refractivity contribution in [1.29, 1.82) is 0 Å². The summed E-state index contributed by atoms with van der Waals surface area (Å²) in [6.45, 7) is 6.33. The maximum absolute atomic E-state index is 5.55. The zero-order valence-electron chi connectivity index (χ0n) is 12.1. The molecule has 1 fully saturated rings. The van der Waals surface area contributed by atoms with E-state index in [0.29, 0.717) is 0 Å². The van der Waals surface area contributed by atoms with Crippen molar-refractivity contribution in [3.8, 4) is 0 Å². The molecule has 3 nitrogen and oxygen atoms in total. The van der Waals surface area contributed by atoms with Crippen LogP contribution in [0.3, 0.4) is 0 Å². The minimum Gasteiger partial charge on any atom is -0.379 e. The second-order valence-electron chi connectivity index (χ2n) is 5.22. The molecule has 1 aliphatic rings. The summed E-state index contributed by atoms with van der Waals surface area (Å²) in [7, 11) is 0. The first kappa shape index (κ1) is 15.9. The van der Waals surface area contributed by atoms with Gasteiger partial charge in [0.1, 0.15) is 0 Å². The van der Waals surface area contributed by atoms with E-state index in [4.69, 9.17) is 9.47 Å². The van der Waals surface area contributed by atoms with E-state index in [2.05, 4.69) is 12.2 Å². The van der Waals surface area contributed by atoms with Gasteiger partial charge in [-0.15, -0.1) is 0 Å². The fraction of sp³-hybridized carbons (Fsp3) is 1.00. The Kier molecular flexibility index (Phi) is 10.6. The van der Waals surface area contributed by atoms with Crippen molar-refractivity contribution < 1.29 is 9.47 Å². The van der Waals surface area contributed by atoms with Gasteiger partial charge in [-0.2, -0.15) is 0 Å². The molecule has 0 unspecified atom stereocenters. The SMILES string of the molecule is CCCCOCCOCCNC1CCCCCC1. The summed E-state index contributed by atoms with van der Waals surface area (Å²) in [6, 6.07) is 0.733. The molecular formula is C15H31NO2. The first-order valence-electron chi connectivity index (χ1n) is 7.82. The van der Waals surface area contributed by atoms with Gasteiger partial charge in [0.2, 0.25) is 0 Å². The molecule has 0 heterocycles. The molecular weight excluding hydrogens is 226 g/mol. The molecule has 0 amide bonds. The predicted molar refractivity (Wildman–Crippen MR) is 76.0 cm³/mol. The van der Waals surface area contributed by atoms with Gasteiger partial charge in [-0.3, -0.25) is 0 Å². The van der Waals surface area contributed by atoms with Crippen LogP contribution in [0, 0.1) is 0 Å². The van der Waals surface area contributed by atoms with E-state index >= 15 is 0 Å². The summed E-state index contributed by atoms with van der Waals surface area (Å²) in [4.78, 5) is 0. The van der Waals surface area contributed by atoms with Crippen LogP contribution in [0.25, 0.3) is 0 Å². The Morgan fingerprint density at radius 1 is 0.889 bits per heavy atom. The van der Waals surface area contributed by atoms with Crippen molar-refractivity contribution in [1.82, 2.24) is 5.32 Å². The van der Waals surface area contributed by atoms with Crippen LogP contribution < -0.4 is 5.32 Å². The fourth-order valence-electron chi connectivity index (χ4n) is 2.39. The molecule has 18 heavy (non-hydrogen) atoms. The Balaban J connectivity index is 1.80. The molecule has 0 spiro atoms. The lowest BCUT2D eigenvalue weighted by Crippen LogP contribution is -2.31. The summed E-state index contributed by atoms with van der Waals surface area (Å²) in [5.41, 5.74) is 0. The van der Waals surface area contributed by atoms with Crippen molar-refractivity contribution in [2.75, 3.05) is 33.0 Å². The van der Waals surface area contributed by atoms with Crippen LogP contribution in [0.5, 0.6) is 0 Å². The Labute approximate surface area is 113 Å².